The van der Waals surface area contributed by atoms with Crippen LogP contribution < -0.4 is 10.2 Å². The number of aliphatic imine (C=N–C) groups is 1. The lowest BCUT2D eigenvalue weighted by Gasteiger charge is -2.15. The van der Waals surface area contributed by atoms with Crippen molar-refractivity contribution in [1.82, 2.24) is 10.2 Å². The second kappa shape index (κ2) is 10.5. The Labute approximate surface area is 169 Å². The van der Waals surface area contributed by atoms with Crippen molar-refractivity contribution in [2.45, 2.75) is 32.6 Å². The molecule has 0 unspecified atom stereocenters. The third kappa shape index (κ3) is 6.36. The van der Waals surface area contributed by atoms with E-state index in [2.05, 4.69) is 10.3 Å². The maximum atomic E-state index is 12.6. The summed E-state index contributed by atoms with van der Waals surface area (Å²) in [4.78, 5) is 33.4. The Kier molecular flexibility index (Phi) is 8.31. The van der Waals surface area contributed by atoms with E-state index in [1.807, 2.05) is 31.1 Å². The van der Waals surface area contributed by atoms with E-state index in [0.717, 1.165) is 35.6 Å². The molecule has 0 saturated heterocycles. The highest BCUT2D eigenvalue weighted by atomic mass is 35.5. The van der Waals surface area contributed by atoms with Crippen molar-refractivity contribution in [2.24, 2.45) is 4.99 Å². The van der Waals surface area contributed by atoms with E-state index in [9.17, 15) is 9.59 Å². The second-order valence-electron chi connectivity index (χ2n) is 6.60. The first kappa shape index (κ1) is 21.4. The molecule has 27 heavy (non-hydrogen) atoms. The predicted molar refractivity (Wildman–Crippen MR) is 114 cm³/mol. The van der Waals surface area contributed by atoms with E-state index in [1.54, 1.807) is 24.3 Å². The summed E-state index contributed by atoms with van der Waals surface area (Å²) in [7, 11) is 3.95. The highest BCUT2D eigenvalue weighted by Gasteiger charge is 2.29. The van der Waals surface area contributed by atoms with Gasteiger partial charge >= 0.3 is 0 Å². The smallest absolute Gasteiger partial charge is 0.278 e. The Morgan fingerprint density at radius 1 is 1.30 bits per heavy atom. The number of anilines is 1. The van der Waals surface area contributed by atoms with Gasteiger partial charge in [-0.25, -0.2) is 4.99 Å². The molecule has 0 bridgehead atoms. The van der Waals surface area contributed by atoms with Gasteiger partial charge in [0, 0.05) is 31.4 Å². The number of amides is 2. The van der Waals surface area contributed by atoms with Gasteiger partial charge in [0.05, 0.1) is 5.00 Å². The van der Waals surface area contributed by atoms with Gasteiger partial charge in [-0.05, 0) is 38.0 Å². The van der Waals surface area contributed by atoms with E-state index < -0.39 is 0 Å². The van der Waals surface area contributed by atoms with Crippen molar-refractivity contribution in [3.8, 4) is 0 Å². The Bertz CT molecular complexity index is 727. The lowest BCUT2D eigenvalue weighted by molar-refractivity contribution is -0.129. The zero-order chi connectivity index (χ0) is 19.8. The summed E-state index contributed by atoms with van der Waals surface area (Å²) in [5.74, 6) is 0.833. The number of nitrogens with one attached hydrogen (secondary N) is 1. The first-order chi connectivity index (χ1) is 12.9. The monoisotopic (exact) mass is 410 g/mol. The predicted octanol–water partition coefficient (Wildman–Crippen LogP) is 3.33. The third-order valence-electron chi connectivity index (χ3n) is 4.15. The molecule has 0 saturated carbocycles. The van der Waals surface area contributed by atoms with Crippen molar-refractivity contribution in [2.75, 3.05) is 38.0 Å². The molecule has 0 atom stereocenters. The summed E-state index contributed by atoms with van der Waals surface area (Å²) >= 11 is 7.23. The van der Waals surface area contributed by atoms with Crippen LogP contribution in [0.1, 0.15) is 37.5 Å². The molecule has 0 aliphatic carbocycles. The largest absolute Gasteiger partial charge is 0.370 e. The second-order valence-corrected chi connectivity index (χ2v) is 8.08. The Morgan fingerprint density at radius 2 is 2.04 bits per heavy atom. The van der Waals surface area contributed by atoms with Crippen molar-refractivity contribution < 1.29 is 9.59 Å². The summed E-state index contributed by atoms with van der Waals surface area (Å²) < 4.78 is 0. The van der Waals surface area contributed by atoms with Gasteiger partial charge in [0.2, 0.25) is 5.91 Å². The van der Waals surface area contributed by atoms with Crippen LogP contribution in [0.4, 0.5) is 5.00 Å². The average molecular weight is 411 g/mol. The van der Waals surface area contributed by atoms with Crippen molar-refractivity contribution in [3.05, 3.63) is 22.7 Å². The zero-order valence-electron chi connectivity index (χ0n) is 16.1. The van der Waals surface area contributed by atoms with Gasteiger partial charge in [0.25, 0.3) is 5.91 Å². The van der Waals surface area contributed by atoms with E-state index in [4.69, 9.17) is 11.6 Å². The van der Waals surface area contributed by atoms with E-state index in [-0.39, 0.29) is 18.4 Å². The fourth-order valence-electron chi connectivity index (χ4n) is 2.64. The van der Waals surface area contributed by atoms with Crippen molar-refractivity contribution >= 4 is 51.7 Å². The van der Waals surface area contributed by atoms with Gasteiger partial charge in [-0.3, -0.25) is 14.5 Å². The van der Waals surface area contributed by atoms with Crippen LogP contribution in [0.5, 0.6) is 0 Å². The van der Waals surface area contributed by atoms with Gasteiger partial charge in [-0.15, -0.1) is 22.9 Å². The lowest BCUT2D eigenvalue weighted by Crippen LogP contribution is -2.40. The SMILES string of the molecule is CC1=N/C(=C/c2ccc(N(C)C)s2)C(=O)N1CC(=O)NCCCCCCCl. The maximum absolute atomic E-state index is 12.6. The molecule has 1 aliphatic rings. The van der Waals surface area contributed by atoms with Gasteiger partial charge in [0.15, 0.2) is 0 Å². The summed E-state index contributed by atoms with van der Waals surface area (Å²) in [6.45, 7) is 2.36. The van der Waals surface area contributed by atoms with Crippen LogP contribution in [-0.2, 0) is 9.59 Å². The maximum Gasteiger partial charge on any atom is 0.278 e. The molecule has 1 aliphatic heterocycles. The summed E-state index contributed by atoms with van der Waals surface area (Å²) in [6, 6.07) is 3.97. The topological polar surface area (TPSA) is 65.0 Å². The van der Waals surface area contributed by atoms with Crippen LogP contribution in [0.25, 0.3) is 6.08 Å². The first-order valence-corrected chi connectivity index (χ1v) is 10.5. The minimum atomic E-state index is -0.232. The molecule has 2 rings (SSSR count). The van der Waals surface area contributed by atoms with Crippen LogP contribution in [0.15, 0.2) is 22.8 Å². The molecule has 1 aromatic rings. The fraction of sp³-hybridized carbons (Fsp3) is 0.526. The quantitative estimate of drug-likeness (QED) is 0.365. The number of unbranched alkanes of at least 4 members (excludes halogenated alkanes) is 3. The van der Waals surface area contributed by atoms with Gasteiger partial charge in [-0.2, -0.15) is 0 Å². The number of alkyl halides is 1. The minimum Gasteiger partial charge on any atom is -0.370 e. The third-order valence-corrected chi connectivity index (χ3v) is 5.62. The van der Waals surface area contributed by atoms with Crippen LogP contribution in [0, 0.1) is 0 Å². The summed E-state index contributed by atoms with van der Waals surface area (Å²) in [5.41, 5.74) is 0.369. The molecule has 8 heteroatoms. The number of hydrogen-bond donors (Lipinski definition) is 1. The molecule has 2 heterocycles. The molecular weight excluding hydrogens is 384 g/mol. The summed E-state index contributed by atoms with van der Waals surface area (Å²) in [6.07, 6.45) is 5.81. The number of thiophene rings is 1. The number of rotatable bonds is 10. The normalized spacial score (nSPS) is 15.4. The lowest BCUT2D eigenvalue weighted by atomic mass is 10.2. The Hall–Kier alpha value is -1.86. The molecule has 0 spiro atoms. The van der Waals surface area contributed by atoms with Crippen LogP contribution in [0.3, 0.4) is 0 Å². The molecule has 0 radical (unpaired) electrons. The average Bonchev–Trinajstić information content (AvgIpc) is 3.19. The number of carbonyl (C=O) groups is 2. The van der Waals surface area contributed by atoms with Gasteiger partial charge < -0.3 is 10.2 Å². The van der Waals surface area contributed by atoms with Crippen LogP contribution in [0.2, 0.25) is 0 Å². The number of halogens is 1. The Balaban J connectivity index is 1.86. The van der Waals surface area contributed by atoms with Gasteiger partial charge in [0.1, 0.15) is 18.1 Å². The standard InChI is InChI=1S/C19H27ClN4O2S/c1-14-22-16(12-15-8-9-18(27-15)23(2)3)19(26)24(14)13-17(25)21-11-7-5-4-6-10-20/h8-9,12H,4-7,10-11,13H2,1-3H3,(H,21,25)/b16-12+. The zero-order valence-corrected chi connectivity index (χ0v) is 17.7. The van der Waals surface area contributed by atoms with E-state index in [0.29, 0.717) is 24.0 Å². The number of amidine groups is 1. The molecule has 1 aromatic heterocycles. The summed E-state index contributed by atoms with van der Waals surface area (Å²) in [5, 5.41) is 3.97. The highest BCUT2D eigenvalue weighted by Crippen LogP contribution is 2.27. The minimum absolute atomic E-state index is 0.000570. The molecule has 6 nitrogen and oxygen atoms in total. The molecule has 1 N–H and O–H groups in total. The first-order valence-electron chi connectivity index (χ1n) is 9.11. The molecule has 148 valence electrons. The number of hydrogen-bond acceptors (Lipinski definition) is 5. The highest BCUT2D eigenvalue weighted by molar-refractivity contribution is 7.16. The molecule has 0 aromatic carbocycles. The molecule has 0 fully saturated rings. The van der Waals surface area contributed by atoms with Crippen molar-refractivity contribution in [3.63, 3.8) is 0 Å². The van der Waals surface area contributed by atoms with Crippen LogP contribution >= 0.6 is 22.9 Å². The Morgan fingerprint density at radius 3 is 2.70 bits per heavy atom. The molecule has 2 amide bonds. The van der Waals surface area contributed by atoms with E-state index in [1.165, 1.54) is 4.90 Å². The van der Waals surface area contributed by atoms with E-state index >= 15 is 0 Å². The molecular formula is C19H27ClN4O2S. The number of carbonyl (C=O) groups excluding carboxylic acids is 2. The van der Waals surface area contributed by atoms with Gasteiger partial charge in [-0.1, -0.05) is 12.8 Å². The number of nitrogens with zero attached hydrogens (tertiary/aromatic N) is 3. The van der Waals surface area contributed by atoms with Crippen LogP contribution in [-0.4, -0.2) is 55.6 Å². The van der Waals surface area contributed by atoms with Crippen molar-refractivity contribution in [1.29, 1.82) is 0 Å². The fourth-order valence-corrected chi connectivity index (χ4v) is 3.70.